The molecule has 0 bridgehead atoms. The highest BCUT2D eigenvalue weighted by Crippen LogP contribution is 2.10. The first-order valence-electron chi connectivity index (χ1n) is 8.32. The van der Waals surface area contributed by atoms with Gasteiger partial charge in [-0.3, -0.25) is 14.0 Å². The third kappa shape index (κ3) is 6.93. The van der Waals surface area contributed by atoms with E-state index in [4.69, 9.17) is 0 Å². The van der Waals surface area contributed by atoms with Crippen LogP contribution in [-0.2, 0) is 15.6 Å². The van der Waals surface area contributed by atoms with E-state index in [1.807, 2.05) is 42.2 Å². The van der Waals surface area contributed by atoms with Crippen LogP contribution in [0.25, 0.3) is 0 Å². The van der Waals surface area contributed by atoms with Crippen molar-refractivity contribution in [2.75, 3.05) is 32.4 Å². The number of rotatable bonds is 6. The zero-order valence-electron chi connectivity index (χ0n) is 14.7. The summed E-state index contributed by atoms with van der Waals surface area (Å²) in [6.45, 7) is 3.96. The summed E-state index contributed by atoms with van der Waals surface area (Å²) >= 11 is 0. The maximum Gasteiger partial charge on any atom is 0.222 e. The number of benzene rings is 1. The van der Waals surface area contributed by atoms with Gasteiger partial charge in [0.15, 0.2) is 5.96 Å². The Morgan fingerprint density at radius 2 is 2.08 bits per heavy atom. The minimum atomic E-state index is -1.02. The molecule has 1 aliphatic rings. The monoisotopic (exact) mass is 478 g/mol. The van der Waals surface area contributed by atoms with E-state index < -0.39 is 10.8 Å². The van der Waals surface area contributed by atoms with Crippen molar-refractivity contribution >= 4 is 46.6 Å². The molecular weight excluding hydrogens is 451 g/mol. The van der Waals surface area contributed by atoms with E-state index in [-0.39, 0.29) is 35.9 Å². The van der Waals surface area contributed by atoms with Crippen LogP contribution in [0.3, 0.4) is 0 Å². The predicted molar refractivity (Wildman–Crippen MR) is 113 cm³/mol. The summed E-state index contributed by atoms with van der Waals surface area (Å²) in [6.07, 6.45) is 1.47. The lowest BCUT2D eigenvalue weighted by Crippen LogP contribution is -2.45. The summed E-state index contributed by atoms with van der Waals surface area (Å²) in [5, 5.41) is 6.53. The Balaban J connectivity index is 0.00000312. The van der Waals surface area contributed by atoms with E-state index in [1.165, 1.54) is 0 Å². The van der Waals surface area contributed by atoms with E-state index in [0.29, 0.717) is 31.2 Å². The Morgan fingerprint density at radius 3 is 2.72 bits per heavy atom. The van der Waals surface area contributed by atoms with Gasteiger partial charge in [0.2, 0.25) is 5.91 Å². The molecule has 25 heavy (non-hydrogen) atoms. The van der Waals surface area contributed by atoms with Gasteiger partial charge >= 0.3 is 0 Å². The van der Waals surface area contributed by atoms with Crippen molar-refractivity contribution in [3.63, 3.8) is 0 Å². The third-order valence-electron chi connectivity index (χ3n) is 3.99. The highest BCUT2D eigenvalue weighted by molar-refractivity contribution is 14.0. The number of guanidine groups is 1. The smallest absolute Gasteiger partial charge is 0.222 e. The second kappa shape index (κ2) is 11.5. The summed E-state index contributed by atoms with van der Waals surface area (Å²) in [5.74, 6) is 1.41. The summed E-state index contributed by atoms with van der Waals surface area (Å²) in [5.41, 5.74) is 0. The standard InChI is InChI=1S/C17H26N4O2S.HI/c1-3-16(22)21-11-9-14(13-21)20-17(18-2)19-10-12-24(23)15-7-5-4-6-8-15;/h4-8,14H,3,9-13H2,1-2H3,(H2,18,19,20);1H. The van der Waals surface area contributed by atoms with Crippen molar-refractivity contribution < 1.29 is 9.00 Å². The third-order valence-corrected chi connectivity index (χ3v) is 5.37. The summed E-state index contributed by atoms with van der Waals surface area (Å²) < 4.78 is 12.2. The molecule has 0 aromatic heterocycles. The summed E-state index contributed by atoms with van der Waals surface area (Å²) in [4.78, 5) is 18.6. The van der Waals surface area contributed by atoms with E-state index in [0.717, 1.165) is 17.9 Å². The SMILES string of the molecule is CCC(=O)N1CCC(NC(=NC)NCCS(=O)c2ccccc2)C1.I. The Hall–Kier alpha value is -1.16. The zero-order valence-corrected chi connectivity index (χ0v) is 17.9. The molecule has 0 radical (unpaired) electrons. The van der Waals surface area contributed by atoms with Gasteiger partial charge in [0.1, 0.15) is 0 Å². The molecule has 0 saturated carbocycles. The average molecular weight is 478 g/mol. The maximum atomic E-state index is 12.2. The number of halogens is 1. The molecule has 2 N–H and O–H groups in total. The van der Waals surface area contributed by atoms with Crippen LogP contribution >= 0.6 is 24.0 Å². The second-order valence-corrected chi connectivity index (χ2v) is 7.26. The minimum absolute atomic E-state index is 0. The maximum absolute atomic E-state index is 12.2. The van der Waals surface area contributed by atoms with E-state index in [9.17, 15) is 9.00 Å². The quantitative estimate of drug-likeness (QED) is 0.370. The Bertz CT molecular complexity index is 598. The second-order valence-electron chi connectivity index (χ2n) is 5.68. The number of carbonyl (C=O) groups excluding carboxylic acids is 1. The van der Waals surface area contributed by atoms with Crippen LogP contribution in [0, 0.1) is 0 Å². The number of amides is 1. The fourth-order valence-electron chi connectivity index (χ4n) is 2.67. The highest BCUT2D eigenvalue weighted by Gasteiger charge is 2.25. The largest absolute Gasteiger partial charge is 0.355 e. The van der Waals surface area contributed by atoms with Crippen LogP contribution in [0.2, 0.25) is 0 Å². The predicted octanol–water partition coefficient (Wildman–Crippen LogP) is 1.59. The lowest BCUT2D eigenvalue weighted by atomic mass is 10.3. The minimum Gasteiger partial charge on any atom is -0.355 e. The van der Waals surface area contributed by atoms with E-state index in [1.54, 1.807) is 7.05 Å². The van der Waals surface area contributed by atoms with Gasteiger partial charge in [-0.15, -0.1) is 24.0 Å². The molecule has 2 rings (SSSR count). The van der Waals surface area contributed by atoms with Crippen molar-refractivity contribution in [3.8, 4) is 0 Å². The average Bonchev–Trinajstić information content (AvgIpc) is 3.09. The fraction of sp³-hybridized carbons (Fsp3) is 0.529. The van der Waals surface area contributed by atoms with Crippen molar-refractivity contribution in [1.82, 2.24) is 15.5 Å². The molecule has 140 valence electrons. The molecule has 1 aromatic carbocycles. The van der Waals surface area contributed by atoms with Crippen molar-refractivity contribution in [2.24, 2.45) is 4.99 Å². The molecule has 6 nitrogen and oxygen atoms in total. The van der Waals surface area contributed by atoms with E-state index >= 15 is 0 Å². The topological polar surface area (TPSA) is 73.8 Å². The van der Waals surface area contributed by atoms with Crippen LogP contribution in [0.5, 0.6) is 0 Å². The Morgan fingerprint density at radius 1 is 1.36 bits per heavy atom. The summed E-state index contributed by atoms with van der Waals surface area (Å²) in [6, 6.07) is 9.67. The molecule has 0 spiro atoms. The van der Waals surface area contributed by atoms with Crippen LogP contribution < -0.4 is 10.6 Å². The number of hydrogen-bond donors (Lipinski definition) is 2. The zero-order chi connectivity index (χ0) is 17.4. The molecule has 2 atom stereocenters. The normalized spacial score (nSPS) is 18.4. The molecule has 1 amide bonds. The van der Waals surface area contributed by atoms with Gasteiger partial charge in [-0.2, -0.15) is 0 Å². The first-order valence-corrected chi connectivity index (χ1v) is 9.64. The number of nitrogens with one attached hydrogen (secondary N) is 2. The van der Waals surface area contributed by atoms with Crippen LogP contribution in [0.4, 0.5) is 0 Å². The molecule has 8 heteroatoms. The van der Waals surface area contributed by atoms with Gasteiger partial charge in [-0.1, -0.05) is 25.1 Å². The highest BCUT2D eigenvalue weighted by atomic mass is 127. The number of likely N-dealkylation sites (tertiary alicyclic amines) is 1. The van der Waals surface area contributed by atoms with Crippen molar-refractivity contribution in [3.05, 3.63) is 30.3 Å². The summed E-state index contributed by atoms with van der Waals surface area (Å²) in [7, 11) is 0.699. The molecule has 2 unspecified atom stereocenters. The Kier molecular flexibility index (Phi) is 10.0. The molecule has 1 saturated heterocycles. The van der Waals surface area contributed by atoms with Crippen molar-refractivity contribution in [2.45, 2.75) is 30.7 Å². The van der Waals surface area contributed by atoms with Gasteiger partial charge in [0.25, 0.3) is 0 Å². The van der Waals surface area contributed by atoms with Gasteiger partial charge in [0, 0.05) is 49.8 Å². The molecule has 1 heterocycles. The van der Waals surface area contributed by atoms with Gasteiger partial charge in [-0.25, -0.2) is 0 Å². The number of hydrogen-bond acceptors (Lipinski definition) is 3. The first kappa shape index (κ1) is 21.9. The molecule has 1 aromatic rings. The first-order chi connectivity index (χ1) is 11.6. The van der Waals surface area contributed by atoms with Crippen LogP contribution in [-0.4, -0.2) is 59.5 Å². The molecule has 1 aliphatic heterocycles. The number of aliphatic imine (C=N–C) groups is 1. The van der Waals surface area contributed by atoms with Crippen molar-refractivity contribution in [1.29, 1.82) is 0 Å². The molecular formula is C17H27IN4O2S. The number of nitrogens with zero attached hydrogens (tertiary/aromatic N) is 2. The lowest BCUT2D eigenvalue weighted by Gasteiger charge is -2.18. The van der Waals surface area contributed by atoms with Gasteiger partial charge in [0.05, 0.1) is 10.8 Å². The van der Waals surface area contributed by atoms with Gasteiger partial charge < -0.3 is 15.5 Å². The molecule has 0 aliphatic carbocycles. The van der Waals surface area contributed by atoms with Crippen LogP contribution in [0.1, 0.15) is 19.8 Å². The Labute approximate surface area is 169 Å². The lowest BCUT2D eigenvalue weighted by molar-refractivity contribution is -0.129. The number of carbonyl (C=O) groups is 1. The fourth-order valence-corrected chi connectivity index (χ4v) is 3.65. The molecule has 1 fully saturated rings. The van der Waals surface area contributed by atoms with E-state index in [2.05, 4.69) is 15.6 Å². The van der Waals surface area contributed by atoms with Gasteiger partial charge in [-0.05, 0) is 18.6 Å². The van der Waals surface area contributed by atoms with Crippen LogP contribution in [0.15, 0.2) is 40.2 Å².